The third kappa shape index (κ3) is 3.04. The topological polar surface area (TPSA) is 49.7 Å². The second-order valence-electron chi connectivity index (χ2n) is 5.48. The Labute approximate surface area is 113 Å². The van der Waals surface area contributed by atoms with Crippen LogP contribution >= 0.6 is 0 Å². The van der Waals surface area contributed by atoms with E-state index in [-0.39, 0.29) is 0 Å². The predicted octanol–water partition coefficient (Wildman–Crippen LogP) is 1.60. The van der Waals surface area contributed by atoms with Crippen LogP contribution in [0.15, 0.2) is 24.7 Å². The fourth-order valence-electron chi connectivity index (χ4n) is 2.92. The Balaban J connectivity index is 1.57. The van der Waals surface area contributed by atoms with Gasteiger partial charge in [-0.1, -0.05) is 0 Å². The molecule has 1 saturated heterocycles. The lowest BCUT2D eigenvalue weighted by Crippen LogP contribution is -2.36. The van der Waals surface area contributed by atoms with Crippen molar-refractivity contribution in [1.29, 1.82) is 0 Å². The van der Waals surface area contributed by atoms with E-state index in [9.17, 15) is 0 Å². The van der Waals surface area contributed by atoms with Crippen LogP contribution in [0.25, 0.3) is 0 Å². The fourth-order valence-corrected chi connectivity index (χ4v) is 2.92. The molecular formula is C14H21N5. The molecule has 0 saturated carbocycles. The molecule has 0 spiro atoms. The Bertz CT molecular complexity index is 502. The molecule has 1 aliphatic heterocycles. The molecule has 5 heteroatoms. The Morgan fingerprint density at radius 2 is 2.37 bits per heavy atom. The van der Waals surface area contributed by atoms with Gasteiger partial charge in [-0.05, 0) is 37.8 Å². The van der Waals surface area contributed by atoms with Gasteiger partial charge in [-0.2, -0.15) is 5.10 Å². The number of nitrogens with zero attached hydrogens (tertiary/aromatic N) is 4. The zero-order chi connectivity index (χ0) is 13.1. The SMILES string of the molecule is Cn1ccnc1CN1CCC[C@H](Cc2ccn[nH]2)C1. The Morgan fingerprint density at radius 1 is 1.42 bits per heavy atom. The second-order valence-corrected chi connectivity index (χ2v) is 5.48. The molecule has 3 heterocycles. The van der Waals surface area contributed by atoms with Crippen LogP contribution in [0.2, 0.25) is 0 Å². The summed E-state index contributed by atoms with van der Waals surface area (Å²) in [7, 11) is 2.06. The summed E-state index contributed by atoms with van der Waals surface area (Å²) in [5.41, 5.74) is 1.25. The van der Waals surface area contributed by atoms with E-state index in [0.29, 0.717) is 0 Å². The molecule has 0 aliphatic carbocycles. The molecule has 2 aromatic heterocycles. The maximum atomic E-state index is 4.42. The number of aryl methyl sites for hydroxylation is 1. The van der Waals surface area contributed by atoms with Crippen LogP contribution in [0.5, 0.6) is 0 Å². The van der Waals surface area contributed by atoms with Crippen LogP contribution in [0.4, 0.5) is 0 Å². The van der Waals surface area contributed by atoms with Crippen LogP contribution in [0.3, 0.4) is 0 Å². The van der Waals surface area contributed by atoms with Gasteiger partial charge < -0.3 is 4.57 Å². The minimum Gasteiger partial charge on any atom is -0.337 e. The zero-order valence-electron chi connectivity index (χ0n) is 11.4. The van der Waals surface area contributed by atoms with E-state index < -0.39 is 0 Å². The third-order valence-corrected chi connectivity index (χ3v) is 3.96. The highest BCUT2D eigenvalue weighted by atomic mass is 15.2. The van der Waals surface area contributed by atoms with Crippen LogP contribution in [-0.2, 0) is 20.0 Å². The smallest absolute Gasteiger partial charge is 0.122 e. The maximum Gasteiger partial charge on any atom is 0.122 e. The number of rotatable bonds is 4. The van der Waals surface area contributed by atoms with Crippen molar-refractivity contribution in [2.75, 3.05) is 13.1 Å². The van der Waals surface area contributed by atoms with Crippen molar-refractivity contribution in [2.45, 2.75) is 25.8 Å². The molecule has 0 bridgehead atoms. The Kier molecular flexibility index (Phi) is 3.64. The fraction of sp³-hybridized carbons (Fsp3) is 0.571. The molecule has 102 valence electrons. The van der Waals surface area contributed by atoms with Crippen molar-refractivity contribution in [2.24, 2.45) is 13.0 Å². The average molecular weight is 259 g/mol. The van der Waals surface area contributed by atoms with Crippen LogP contribution in [0.1, 0.15) is 24.4 Å². The summed E-state index contributed by atoms with van der Waals surface area (Å²) in [5.74, 6) is 1.89. The number of nitrogens with one attached hydrogen (secondary N) is 1. The average Bonchev–Trinajstić information content (AvgIpc) is 3.03. The van der Waals surface area contributed by atoms with Gasteiger partial charge in [0.15, 0.2) is 0 Å². The molecule has 3 rings (SSSR count). The van der Waals surface area contributed by atoms with Crippen molar-refractivity contribution in [3.63, 3.8) is 0 Å². The third-order valence-electron chi connectivity index (χ3n) is 3.96. The minimum absolute atomic E-state index is 0.731. The van der Waals surface area contributed by atoms with Crippen LogP contribution in [0, 0.1) is 5.92 Å². The number of imidazole rings is 1. The van der Waals surface area contributed by atoms with Crippen LogP contribution in [-0.4, -0.2) is 37.7 Å². The number of H-pyrrole nitrogens is 1. The monoisotopic (exact) mass is 259 g/mol. The second kappa shape index (κ2) is 5.57. The summed E-state index contributed by atoms with van der Waals surface area (Å²) in [4.78, 5) is 6.94. The maximum absolute atomic E-state index is 4.42. The first kappa shape index (κ1) is 12.4. The molecule has 1 fully saturated rings. The molecule has 0 radical (unpaired) electrons. The van der Waals surface area contributed by atoms with Crippen LogP contribution < -0.4 is 0 Å². The van der Waals surface area contributed by atoms with Gasteiger partial charge in [-0.15, -0.1) is 0 Å². The lowest BCUT2D eigenvalue weighted by atomic mass is 9.93. The molecule has 5 nitrogen and oxygen atoms in total. The number of aromatic nitrogens is 4. The molecule has 1 aliphatic rings. The van der Waals surface area contributed by atoms with Gasteiger partial charge in [-0.3, -0.25) is 10.00 Å². The van der Waals surface area contributed by atoms with E-state index >= 15 is 0 Å². The number of hydrogen-bond donors (Lipinski definition) is 1. The first-order chi connectivity index (χ1) is 9.31. The normalized spacial score (nSPS) is 20.8. The van der Waals surface area contributed by atoms with E-state index in [1.165, 1.54) is 25.1 Å². The largest absolute Gasteiger partial charge is 0.337 e. The molecule has 0 aromatic carbocycles. The van der Waals surface area contributed by atoms with Gasteiger partial charge in [0.2, 0.25) is 0 Å². The van der Waals surface area contributed by atoms with Crippen molar-refractivity contribution in [3.8, 4) is 0 Å². The number of hydrogen-bond acceptors (Lipinski definition) is 3. The van der Waals surface area contributed by atoms with Gasteiger partial charge in [0.25, 0.3) is 0 Å². The number of piperidine rings is 1. The first-order valence-electron chi connectivity index (χ1n) is 6.98. The summed E-state index contributed by atoms with van der Waals surface area (Å²) >= 11 is 0. The summed E-state index contributed by atoms with van der Waals surface area (Å²) in [6.45, 7) is 3.31. The van der Waals surface area contributed by atoms with Gasteiger partial charge in [0.1, 0.15) is 5.82 Å². The molecular weight excluding hydrogens is 238 g/mol. The minimum atomic E-state index is 0.731. The highest BCUT2D eigenvalue weighted by Crippen LogP contribution is 2.21. The lowest BCUT2D eigenvalue weighted by molar-refractivity contribution is 0.161. The van der Waals surface area contributed by atoms with Gasteiger partial charge >= 0.3 is 0 Å². The van der Waals surface area contributed by atoms with Crippen molar-refractivity contribution >= 4 is 0 Å². The molecule has 0 amide bonds. The van der Waals surface area contributed by atoms with Crippen molar-refractivity contribution < 1.29 is 0 Å². The lowest BCUT2D eigenvalue weighted by Gasteiger charge is -2.32. The van der Waals surface area contributed by atoms with Crippen molar-refractivity contribution in [1.82, 2.24) is 24.6 Å². The van der Waals surface area contributed by atoms with E-state index in [2.05, 4.69) is 37.8 Å². The van der Waals surface area contributed by atoms with E-state index in [1.54, 1.807) is 0 Å². The highest BCUT2D eigenvalue weighted by Gasteiger charge is 2.21. The Morgan fingerprint density at radius 3 is 3.11 bits per heavy atom. The summed E-state index contributed by atoms with van der Waals surface area (Å²) in [5, 5.41) is 7.10. The van der Waals surface area contributed by atoms with Gasteiger partial charge in [-0.25, -0.2) is 4.98 Å². The highest BCUT2D eigenvalue weighted by molar-refractivity contribution is 5.00. The molecule has 1 N–H and O–H groups in total. The van der Waals surface area contributed by atoms with Gasteiger partial charge in [0.05, 0.1) is 6.54 Å². The zero-order valence-corrected chi connectivity index (χ0v) is 11.4. The van der Waals surface area contributed by atoms with E-state index in [1.807, 2.05) is 18.6 Å². The summed E-state index contributed by atoms with van der Waals surface area (Å²) in [6, 6.07) is 2.08. The molecule has 0 unspecified atom stereocenters. The van der Waals surface area contributed by atoms with Crippen molar-refractivity contribution in [3.05, 3.63) is 36.2 Å². The Hall–Kier alpha value is -1.62. The summed E-state index contributed by atoms with van der Waals surface area (Å²) in [6.07, 6.45) is 9.43. The quantitative estimate of drug-likeness (QED) is 0.907. The molecule has 2 aromatic rings. The summed E-state index contributed by atoms with van der Waals surface area (Å²) < 4.78 is 2.11. The first-order valence-corrected chi connectivity index (χ1v) is 6.98. The molecule has 1 atom stereocenters. The number of likely N-dealkylation sites (tertiary alicyclic amines) is 1. The standard InChI is InChI=1S/C14H21N5/c1-18-8-6-15-14(18)11-19-7-2-3-12(10-19)9-13-4-5-16-17-13/h4-6,8,12H,2-3,7,9-11H2,1H3,(H,16,17)/t12-/m1/s1. The van der Waals surface area contributed by atoms with E-state index in [4.69, 9.17) is 0 Å². The molecule has 19 heavy (non-hydrogen) atoms. The number of aromatic amines is 1. The van der Waals surface area contributed by atoms with E-state index in [0.717, 1.165) is 31.3 Å². The van der Waals surface area contributed by atoms with Gasteiger partial charge in [0, 0.05) is 37.9 Å². The predicted molar refractivity (Wildman–Crippen MR) is 73.5 cm³/mol.